The van der Waals surface area contributed by atoms with Crippen LogP contribution in [0.5, 0.6) is 0 Å². The molecule has 5 nitrogen and oxygen atoms in total. The van der Waals surface area contributed by atoms with E-state index in [-0.39, 0.29) is 21.3 Å². The molecule has 2 rings (SSSR count). The van der Waals surface area contributed by atoms with Gasteiger partial charge in [-0.1, -0.05) is 23.2 Å². The number of nitrogens with one attached hydrogen (secondary N) is 1. The molecule has 0 saturated carbocycles. The van der Waals surface area contributed by atoms with Crippen LogP contribution in [0.1, 0.15) is 10.4 Å². The number of benzene rings is 2. The highest BCUT2D eigenvalue weighted by atomic mass is 35.5. The Balaban J connectivity index is 2.45. The molecule has 0 heterocycles. The van der Waals surface area contributed by atoms with E-state index in [0.717, 1.165) is 18.2 Å². The van der Waals surface area contributed by atoms with Crippen molar-refractivity contribution in [3.63, 3.8) is 0 Å². The third kappa shape index (κ3) is 3.49. The number of hydrogen-bond acceptors (Lipinski definition) is 3. The van der Waals surface area contributed by atoms with Crippen LogP contribution in [0, 0.1) is 5.82 Å². The molecule has 0 fully saturated rings. The van der Waals surface area contributed by atoms with Crippen molar-refractivity contribution in [2.45, 2.75) is 4.90 Å². The summed E-state index contributed by atoms with van der Waals surface area (Å²) in [6, 6.07) is 6.93. The van der Waals surface area contributed by atoms with Gasteiger partial charge in [0.05, 0.1) is 10.7 Å². The zero-order valence-corrected chi connectivity index (χ0v) is 13.1. The van der Waals surface area contributed by atoms with E-state index in [9.17, 15) is 17.6 Å². The monoisotopic (exact) mass is 362 g/mol. The molecule has 2 aromatic rings. The lowest BCUT2D eigenvalue weighted by Gasteiger charge is -2.11. The van der Waals surface area contributed by atoms with E-state index in [4.69, 9.17) is 28.9 Å². The summed E-state index contributed by atoms with van der Waals surface area (Å²) in [4.78, 5) is 10.5. The summed E-state index contributed by atoms with van der Waals surface area (Å²) in [5.41, 5.74) is 5.08. The zero-order chi connectivity index (χ0) is 16.5. The average molecular weight is 363 g/mol. The van der Waals surface area contributed by atoms with Gasteiger partial charge >= 0.3 is 0 Å². The van der Waals surface area contributed by atoms with Gasteiger partial charge in [-0.2, -0.15) is 0 Å². The Morgan fingerprint density at radius 1 is 1.14 bits per heavy atom. The number of amides is 1. The van der Waals surface area contributed by atoms with Crippen molar-refractivity contribution in [3.05, 3.63) is 57.8 Å². The van der Waals surface area contributed by atoms with E-state index >= 15 is 0 Å². The minimum Gasteiger partial charge on any atom is -0.366 e. The standard InChI is InChI=1S/C13H9Cl2FN2O3S/c14-8-2-4-12(10(16)6-8)22(20,21)18-11-5-7(13(17)19)1-3-9(11)15/h1-6,18H,(H2,17,19). The second-order valence-corrected chi connectivity index (χ2v) is 6.73. The van der Waals surface area contributed by atoms with Gasteiger partial charge in [0.15, 0.2) is 0 Å². The Morgan fingerprint density at radius 2 is 1.82 bits per heavy atom. The summed E-state index contributed by atoms with van der Waals surface area (Å²) in [7, 11) is -4.25. The van der Waals surface area contributed by atoms with Crippen LogP contribution < -0.4 is 10.5 Å². The van der Waals surface area contributed by atoms with Crippen molar-refractivity contribution >= 4 is 44.8 Å². The third-order valence-electron chi connectivity index (χ3n) is 2.68. The van der Waals surface area contributed by atoms with Crippen molar-refractivity contribution in [2.24, 2.45) is 5.73 Å². The van der Waals surface area contributed by atoms with Crippen LogP contribution in [0.25, 0.3) is 0 Å². The molecule has 0 atom stereocenters. The highest BCUT2D eigenvalue weighted by Crippen LogP contribution is 2.27. The van der Waals surface area contributed by atoms with E-state index in [1.165, 1.54) is 18.2 Å². The van der Waals surface area contributed by atoms with Gasteiger partial charge in [0, 0.05) is 10.6 Å². The molecule has 0 aliphatic carbocycles. The molecule has 0 aliphatic heterocycles. The maximum atomic E-state index is 13.7. The zero-order valence-electron chi connectivity index (χ0n) is 10.8. The highest BCUT2D eigenvalue weighted by Gasteiger charge is 2.21. The van der Waals surface area contributed by atoms with Crippen molar-refractivity contribution in [1.29, 1.82) is 0 Å². The van der Waals surface area contributed by atoms with Crippen LogP contribution in [-0.4, -0.2) is 14.3 Å². The summed E-state index contributed by atoms with van der Waals surface area (Å²) >= 11 is 11.4. The Kier molecular flexibility index (Phi) is 4.60. The van der Waals surface area contributed by atoms with Gasteiger partial charge in [-0.3, -0.25) is 9.52 Å². The molecular weight excluding hydrogens is 354 g/mol. The lowest BCUT2D eigenvalue weighted by molar-refractivity contribution is 0.100. The van der Waals surface area contributed by atoms with Crippen LogP contribution in [0.4, 0.5) is 10.1 Å². The first-order valence-electron chi connectivity index (χ1n) is 5.78. The number of halogens is 3. The summed E-state index contributed by atoms with van der Waals surface area (Å²) in [6.45, 7) is 0. The van der Waals surface area contributed by atoms with Crippen molar-refractivity contribution in [2.75, 3.05) is 4.72 Å². The number of nitrogens with two attached hydrogens (primary N) is 1. The van der Waals surface area contributed by atoms with Crippen molar-refractivity contribution in [1.82, 2.24) is 0 Å². The predicted molar refractivity (Wildman–Crippen MR) is 82.2 cm³/mol. The van der Waals surface area contributed by atoms with Crippen LogP contribution in [-0.2, 0) is 10.0 Å². The molecule has 0 aromatic heterocycles. The number of rotatable bonds is 4. The fraction of sp³-hybridized carbons (Fsp3) is 0. The Bertz CT molecular complexity index is 856. The first-order valence-corrected chi connectivity index (χ1v) is 8.02. The minimum atomic E-state index is -4.25. The molecule has 9 heteroatoms. The second-order valence-electron chi connectivity index (χ2n) is 4.24. The summed E-state index contributed by atoms with van der Waals surface area (Å²) in [5, 5.41) is 0.0909. The summed E-state index contributed by atoms with van der Waals surface area (Å²) in [6.07, 6.45) is 0. The first-order chi connectivity index (χ1) is 10.2. The normalized spacial score (nSPS) is 11.2. The van der Waals surface area contributed by atoms with E-state index in [0.29, 0.717) is 0 Å². The molecule has 2 aromatic carbocycles. The SMILES string of the molecule is NC(=O)c1ccc(Cl)c(NS(=O)(=O)c2ccc(Cl)cc2F)c1. The highest BCUT2D eigenvalue weighted by molar-refractivity contribution is 7.92. The number of carbonyl (C=O) groups excluding carboxylic acids is 1. The molecule has 116 valence electrons. The Hall–Kier alpha value is -1.83. The van der Waals surface area contributed by atoms with Crippen molar-refractivity contribution < 1.29 is 17.6 Å². The van der Waals surface area contributed by atoms with Crippen LogP contribution in [0.3, 0.4) is 0 Å². The number of primary amides is 1. The molecule has 1 amide bonds. The molecule has 0 aliphatic rings. The quantitative estimate of drug-likeness (QED) is 0.875. The van der Waals surface area contributed by atoms with Gasteiger partial charge < -0.3 is 5.73 Å². The number of sulfonamides is 1. The lowest BCUT2D eigenvalue weighted by Crippen LogP contribution is -2.16. The van der Waals surface area contributed by atoms with E-state index in [1.54, 1.807) is 0 Å². The largest absolute Gasteiger partial charge is 0.366 e. The van der Waals surface area contributed by atoms with Crippen LogP contribution in [0.2, 0.25) is 10.0 Å². The molecule has 0 bridgehead atoms. The fourth-order valence-electron chi connectivity index (χ4n) is 1.65. The molecular formula is C13H9Cl2FN2O3S. The van der Waals surface area contributed by atoms with Gasteiger partial charge in [0.1, 0.15) is 10.7 Å². The molecule has 0 unspecified atom stereocenters. The van der Waals surface area contributed by atoms with Crippen molar-refractivity contribution in [3.8, 4) is 0 Å². The smallest absolute Gasteiger partial charge is 0.264 e. The van der Waals surface area contributed by atoms with Crippen LogP contribution >= 0.6 is 23.2 Å². The lowest BCUT2D eigenvalue weighted by atomic mass is 10.2. The molecule has 0 saturated heterocycles. The maximum Gasteiger partial charge on any atom is 0.264 e. The summed E-state index contributed by atoms with van der Waals surface area (Å²) in [5.74, 6) is -1.77. The number of hydrogen-bond donors (Lipinski definition) is 2. The topological polar surface area (TPSA) is 89.3 Å². The van der Waals surface area contributed by atoms with Gasteiger partial charge in [0.25, 0.3) is 10.0 Å². The van der Waals surface area contributed by atoms with Crippen LogP contribution in [0.15, 0.2) is 41.3 Å². The number of anilines is 1. The van der Waals surface area contributed by atoms with Gasteiger partial charge in [-0.25, -0.2) is 12.8 Å². The minimum absolute atomic E-state index is 0.0305. The average Bonchev–Trinajstić information content (AvgIpc) is 2.40. The Morgan fingerprint density at radius 3 is 2.41 bits per heavy atom. The second kappa shape index (κ2) is 6.12. The van der Waals surface area contributed by atoms with E-state index < -0.39 is 26.6 Å². The van der Waals surface area contributed by atoms with E-state index in [2.05, 4.69) is 4.72 Å². The Labute approximate surface area is 135 Å². The number of carbonyl (C=O) groups is 1. The summed E-state index contributed by atoms with van der Waals surface area (Å²) < 4.78 is 40.3. The molecule has 22 heavy (non-hydrogen) atoms. The van der Waals surface area contributed by atoms with Gasteiger partial charge in [0.2, 0.25) is 5.91 Å². The third-order valence-corrected chi connectivity index (χ3v) is 4.64. The predicted octanol–water partition coefficient (Wildman–Crippen LogP) is 3.03. The molecule has 0 radical (unpaired) electrons. The molecule has 3 N–H and O–H groups in total. The molecule has 0 spiro atoms. The fourth-order valence-corrected chi connectivity index (χ4v) is 3.16. The van der Waals surface area contributed by atoms with Gasteiger partial charge in [-0.05, 0) is 36.4 Å². The van der Waals surface area contributed by atoms with Gasteiger partial charge in [-0.15, -0.1) is 0 Å². The van der Waals surface area contributed by atoms with E-state index in [1.807, 2.05) is 0 Å². The first kappa shape index (κ1) is 16.5. The maximum absolute atomic E-state index is 13.7.